The first kappa shape index (κ1) is 9.71. The molecule has 1 atom stereocenters. The lowest BCUT2D eigenvalue weighted by atomic mass is 10.2. The normalized spacial score (nSPS) is 12.2. The number of carbonyl (C=O) groups is 1. The summed E-state index contributed by atoms with van der Waals surface area (Å²) in [5, 5.41) is 0. The van der Waals surface area contributed by atoms with Gasteiger partial charge >= 0.3 is 5.97 Å². The van der Waals surface area contributed by atoms with Crippen molar-refractivity contribution in [3.05, 3.63) is 29.6 Å². The maximum absolute atomic E-state index is 10.7. The Kier molecular flexibility index (Phi) is 3.01. The first-order valence-corrected chi connectivity index (χ1v) is 4.19. The zero-order valence-electron chi connectivity index (χ0n) is 8.07. The standard InChI is InChI=1S/C10H13NO2/c1-7-4-5-10(6-11-7)8(2)13-9(3)12/h4-6,8H,1-3H3. The van der Waals surface area contributed by atoms with Gasteiger partial charge in [-0.1, -0.05) is 6.07 Å². The van der Waals surface area contributed by atoms with Crippen molar-refractivity contribution < 1.29 is 9.53 Å². The van der Waals surface area contributed by atoms with E-state index in [9.17, 15) is 4.79 Å². The Bertz CT molecular complexity index is 292. The van der Waals surface area contributed by atoms with Crippen molar-refractivity contribution in [3.8, 4) is 0 Å². The summed E-state index contributed by atoms with van der Waals surface area (Å²) >= 11 is 0. The van der Waals surface area contributed by atoms with E-state index in [-0.39, 0.29) is 12.1 Å². The van der Waals surface area contributed by atoms with Crippen molar-refractivity contribution >= 4 is 5.97 Å². The van der Waals surface area contributed by atoms with Crippen LogP contribution in [0.15, 0.2) is 18.3 Å². The van der Waals surface area contributed by atoms with Crippen LogP contribution in [0.4, 0.5) is 0 Å². The number of nitrogens with zero attached hydrogens (tertiary/aromatic N) is 1. The third-order valence-electron chi connectivity index (χ3n) is 1.75. The number of ether oxygens (including phenoxy) is 1. The van der Waals surface area contributed by atoms with Gasteiger partial charge in [-0.2, -0.15) is 0 Å². The van der Waals surface area contributed by atoms with Gasteiger partial charge in [0.15, 0.2) is 0 Å². The molecule has 0 aliphatic carbocycles. The Morgan fingerprint density at radius 1 is 1.54 bits per heavy atom. The molecule has 0 aliphatic heterocycles. The van der Waals surface area contributed by atoms with Gasteiger partial charge in [0.25, 0.3) is 0 Å². The molecule has 0 N–H and O–H groups in total. The molecule has 0 saturated carbocycles. The van der Waals surface area contributed by atoms with Gasteiger partial charge in [0.1, 0.15) is 6.10 Å². The van der Waals surface area contributed by atoms with Gasteiger partial charge < -0.3 is 4.74 Å². The number of hydrogen-bond donors (Lipinski definition) is 0. The van der Waals surface area contributed by atoms with Gasteiger partial charge in [-0.25, -0.2) is 0 Å². The molecule has 0 bridgehead atoms. The number of hydrogen-bond acceptors (Lipinski definition) is 3. The van der Waals surface area contributed by atoms with E-state index in [0.29, 0.717) is 0 Å². The lowest BCUT2D eigenvalue weighted by molar-refractivity contribution is -0.145. The van der Waals surface area contributed by atoms with Crippen LogP contribution in [0.1, 0.15) is 31.2 Å². The van der Waals surface area contributed by atoms with E-state index in [2.05, 4.69) is 4.98 Å². The SMILES string of the molecule is CC(=O)OC(C)c1ccc(C)nc1. The van der Waals surface area contributed by atoms with Gasteiger partial charge in [0.2, 0.25) is 0 Å². The smallest absolute Gasteiger partial charge is 0.303 e. The molecule has 0 aliphatic rings. The number of aryl methyl sites for hydroxylation is 1. The highest BCUT2D eigenvalue weighted by molar-refractivity contribution is 5.66. The van der Waals surface area contributed by atoms with Gasteiger partial charge in [0, 0.05) is 24.4 Å². The molecule has 0 radical (unpaired) electrons. The highest BCUT2D eigenvalue weighted by Crippen LogP contribution is 2.15. The van der Waals surface area contributed by atoms with Crippen LogP contribution < -0.4 is 0 Å². The summed E-state index contributed by atoms with van der Waals surface area (Å²) in [5.74, 6) is -0.270. The fourth-order valence-corrected chi connectivity index (χ4v) is 1.04. The van der Waals surface area contributed by atoms with Crippen LogP contribution in [0.5, 0.6) is 0 Å². The fraction of sp³-hybridized carbons (Fsp3) is 0.400. The van der Waals surface area contributed by atoms with E-state index < -0.39 is 0 Å². The average molecular weight is 179 g/mol. The van der Waals surface area contributed by atoms with Crippen LogP contribution in [0.3, 0.4) is 0 Å². The zero-order valence-corrected chi connectivity index (χ0v) is 8.07. The summed E-state index contributed by atoms with van der Waals surface area (Å²) in [6.07, 6.45) is 1.51. The first-order chi connectivity index (χ1) is 6.09. The minimum absolute atomic E-state index is 0.217. The minimum atomic E-state index is -0.270. The van der Waals surface area contributed by atoms with Gasteiger partial charge in [-0.3, -0.25) is 9.78 Å². The van der Waals surface area contributed by atoms with Crippen LogP contribution >= 0.6 is 0 Å². The summed E-state index contributed by atoms with van der Waals surface area (Å²) in [6.45, 7) is 5.14. The maximum atomic E-state index is 10.7. The van der Waals surface area contributed by atoms with Crippen LogP contribution in [-0.2, 0) is 9.53 Å². The molecular weight excluding hydrogens is 166 g/mol. The van der Waals surface area contributed by atoms with E-state index in [1.165, 1.54) is 6.92 Å². The zero-order chi connectivity index (χ0) is 9.84. The Hall–Kier alpha value is -1.38. The van der Waals surface area contributed by atoms with Crippen LogP contribution in [-0.4, -0.2) is 11.0 Å². The third kappa shape index (κ3) is 2.86. The molecule has 0 amide bonds. The number of carbonyl (C=O) groups excluding carboxylic acids is 1. The monoisotopic (exact) mass is 179 g/mol. The largest absolute Gasteiger partial charge is 0.458 e. The number of pyridine rings is 1. The lowest BCUT2D eigenvalue weighted by Crippen LogP contribution is -2.05. The predicted molar refractivity (Wildman–Crippen MR) is 49.2 cm³/mol. The molecule has 1 unspecified atom stereocenters. The molecule has 1 aromatic rings. The minimum Gasteiger partial charge on any atom is -0.458 e. The van der Waals surface area contributed by atoms with Crippen molar-refractivity contribution in [1.29, 1.82) is 0 Å². The van der Waals surface area contributed by atoms with Crippen molar-refractivity contribution in [2.75, 3.05) is 0 Å². The van der Waals surface area contributed by atoms with Crippen molar-refractivity contribution in [3.63, 3.8) is 0 Å². The van der Waals surface area contributed by atoms with Crippen molar-refractivity contribution in [2.45, 2.75) is 26.9 Å². The Morgan fingerprint density at radius 3 is 2.69 bits per heavy atom. The second kappa shape index (κ2) is 4.03. The molecule has 0 fully saturated rings. The maximum Gasteiger partial charge on any atom is 0.303 e. The predicted octanol–water partition coefficient (Wildman–Crippen LogP) is 2.01. The molecule has 0 aromatic carbocycles. The summed E-state index contributed by atoms with van der Waals surface area (Å²) in [7, 11) is 0. The number of aromatic nitrogens is 1. The van der Waals surface area contributed by atoms with Crippen molar-refractivity contribution in [1.82, 2.24) is 4.98 Å². The third-order valence-corrected chi connectivity index (χ3v) is 1.75. The van der Waals surface area contributed by atoms with E-state index >= 15 is 0 Å². The molecule has 0 saturated heterocycles. The highest BCUT2D eigenvalue weighted by atomic mass is 16.5. The van der Waals surface area contributed by atoms with Crippen LogP contribution in [0, 0.1) is 6.92 Å². The summed E-state index contributed by atoms with van der Waals surface area (Å²) in [5.41, 5.74) is 1.87. The molecular formula is C10H13NO2. The Balaban J connectivity index is 2.71. The topological polar surface area (TPSA) is 39.2 Å². The number of esters is 1. The molecule has 3 nitrogen and oxygen atoms in total. The molecule has 1 aromatic heterocycles. The highest BCUT2D eigenvalue weighted by Gasteiger charge is 2.07. The van der Waals surface area contributed by atoms with E-state index in [0.717, 1.165) is 11.3 Å². The van der Waals surface area contributed by atoms with Gasteiger partial charge in [0.05, 0.1) is 0 Å². The first-order valence-electron chi connectivity index (χ1n) is 4.19. The summed E-state index contributed by atoms with van der Waals surface area (Å²) in [4.78, 5) is 14.8. The van der Waals surface area contributed by atoms with Gasteiger partial charge in [-0.15, -0.1) is 0 Å². The fourth-order valence-electron chi connectivity index (χ4n) is 1.04. The molecule has 70 valence electrons. The molecule has 0 spiro atoms. The van der Waals surface area contributed by atoms with Crippen LogP contribution in [0.2, 0.25) is 0 Å². The molecule has 1 rings (SSSR count). The summed E-state index contributed by atoms with van der Waals surface area (Å²) in [6, 6.07) is 3.81. The molecule has 3 heteroatoms. The van der Waals surface area contributed by atoms with Crippen molar-refractivity contribution in [2.24, 2.45) is 0 Å². The van der Waals surface area contributed by atoms with E-state index in [1.54, 1.807) is 6.20 Å². The van der Waals surface area contributed by atoms with Crippen LogP contribution in [0.25, 0.3) is 0 Å². The van der Waals surface area contributed by atoms with E-state index in [1.807, 2.05) is 26.0 Å². The summed E-state index contributed by atoms with van der Waals surface area (Å²) < 4.78 is 5.00. The van der Waals surface area contributed by atoms with E-state index in [4.69, 9.17) is 4.74 Å². The quantitative estimate of drug-likeness (QED) is 0.652. The van der Waals surface area contributed by atoms with Gasteiger partial charge in [-0.05, 0) is 19.9 Å². The lowest BCUT2D eigenvalue weighted by Gasteiger charge is -2.11. The molecule has 13 heavy (non-hydrogen) atoms. The number of rotatable bonds is 2. The average Bonchev–Trinajstić information content (AvgIpc) is 2.04. The Labute approximate surface area is 77.8 Å². The Morgan fingerprint density at radius 2 is 2.23 bits per heavy atom. The second-order valence-electron chi connectivity index (χ2n) is 2.98. The molecule has 1 heterocycles. The second-order valence-corrected chi connectivity index (χ2v) is 2.98.